The Morgan fingerprint density at radius 2 is 2.00 bits per heavy atom. The summed E-state index contributed by atoms with van der Waals surface area (Å²) in [4.78, 5) is 27.6. The summed E-state index contributed by atoms with van der Waals surface area (Å²) in [6, 6.07) is 4.11. The van der Waals surface area contributed by atoms with Crippen LogP contribution in [0.3, 0.4) is 0 Å². The molecule has 8 heteroatoms. The minimum atomic E-state index is -2.27. The van der Waals surface area contributed by atoms with E-state index in [1.54, 1.807) is 26.1 Å². The lowest BCUT2D eigenvalue weighted by atomic mass is 9.59. The number of aliphatic hydroxyl groups excluding tert-OH is 2. The summed E-state index contributed by atoms with van der Waals surface area (Å²) in [5.41, 5.74) is -3.49. The van der Waals surface area contributed by atoms with E-state index >= 15 is 0 Å². The van der Waals surface area contributed by atoms with Crippen molar-refractivity contribution in [3.8, 4) is 0 Å². The number of halogens is 1. The molecule has 8 atom stereocenters. The van der Waals surface area contributed by atoms with Crippen LogP contribution in [0.2, 0.25) is 0 Å². The number of carbonyl (C=O) groups is 2. The Kier molecular flexibility index (Phi) is 5.56. The van der Waals surface area contributed by atoms with Gasteiger partial charge in [0, 0.05) is 13.0 Å². The molecule has 1 spiro atoms. The Balaban J connectivity index is 1.64. The van der Waals surface area contributed by atoms with Gasteiger partial charge in [-0.3, -0.25) is 4.79 Å². The Labute approximate surface area is 210 Å². The number of hydrogen-bond acceptors (Lipinski definition) is 7. The third kappa shape index (κ3) is 2.95. The number of benzene rings is 1. The van der Waals surface area contributed by atoms with Gasteiger partial charge in [0.1, 0.15) is 17.5 Å². The number of rotatable bonds is 4. The van der Waals surface area contributed by atoms with E-state index in [1.807, 2.05) is 6.92 Å². The molecule has 4 aliphatic carbocycles. The number of ether oxygens (including phenoxy) is 1. The average molecular weight is 500 g/mol. The predicted octanol–water partition coefficient (Wildman–Crippen LogP) is 2.86. The highest BCUT2D eigenvalue weighted by Gasteiger charge is 2.76. The number of allylic oxidation sites excluding steroid dienone is 1. The summed E-state index contributed by atoms with van der Waals surface area (Å²) in [5.74, 6) is -2.78. The predicted molar refractivity (Wildman–Crippen MR) is 131 cm³/mol. The minimum absolute atomic E-state index is 0.0230. The lowest BCUT2D eigenvalue weighted by Gasteiger charge is -2.48. The summed E-state index contributed by atoms with van der Waals surface area (Å²) < 4.78 is 20.5. The van der Waals surface area contributed by atoms with Gasteiger partial charge < -0.3 is 25.4 Å². The van der Waals surface area contributed by atoms with Crippen molar-refractivity contribution >= 4 is 17.4 Å². The quantitative estimate of drug-likeness (QED) is 0.372. The Bertz CT molecular complexity index is 1210. The number of anilines is 1. The average Bonchev–Trinajstić information content (AvgIpc) is 3.32. The molecule has 1 aromatic rings. The summed E-state index contributed by atoms with van der Waals surface area (Å²) in [5, 5.41) is 36.9. The zero-order valence-electron chi connectivity index (χ0n) is 21.2. The van der Waals surface area contributed by atoms with E-state index < -0.39 is 47.5 Å². The van der Waals surface area contributed by atoms with Crippen molar-refractivity contribution in [2.24, 2.45) is 34.5 Å². The van der Waals surface area contributed by atoms with Gasteiger partial charge in [-0.25, -0.2) is 9.18 Å². The summed E-state index contributed by atoms with van der Waals surface area (Å²) in [6.07, 6.45) is 0.826. The van der Waals surface area contributed by atoms with Crippen LogP contribution < -0.4 is 5.32 Å². The van der Waals surface area contributed by atoms with Gasteiger partial charge in [-0.05, 0) is 59.8 Å². The number of aliphatic hydroxyl groups is 3. The molecule has 0 saturated heterocycles. The van der Waals surface area contributed by atoms with Crippen molar-refractivity contribution in [1.82, 2.24) is 0 Å². The van der Waals surface area contributed by atoms with Crippen LogP contribution >= 0.6 is 0 Å². The van der Waals surface area contributed by atoms with E-state index in [2.05, 4.69) is 19.2 Å². The first-order valence-electron chi connectivity index (χ1n) is 12.5. The number of Topliss-reactive ketones (excluding diaryl/α,β-unsaturated/α-hetero) is 1. The maximum absolute atomic E-state index is 14.7. The summed E-state index contributed by atoms with van der Waals surface area (Å²) in [7, 11) is 1.54. The van der Waals surface area contributed by atoms with Crippen molar-refractivity contribution in [3.63, 3.8) is 0 Å². The third-order valence-electron chi connectivity index (χ3n) is 9.61. The van der Waals surface area contributed by atoms with E-state index in [9.17, 15) is 29.3 Å². The molecular weight excluding hydrogens is 465 g/mol. The molecule has 4 N–H and O–H groups in total. The molecule has 2 saturated carbocycles. The largest absolute Gasteiger partial charge is 0.451 e. The normalized spacial score (nSPS) is 40.2. The number of esters is 1. The lowest BCUT2D eigenvalue weighted by molar-refractivity contribution is -0.190. The van der Waals surface area contributed by atoms with Crippen LogP contribution in [0, 0.1) is 40.3 Å². The second-order valence-corrected chi connectivity index (χ2v) is 11.6. The molecule has 5 rings (SSSR count). The van der Waals surface area contributed by atoms with Crippen molar-refractivity contribution in [2.45, 2.75) is 51.9 Å². The maximum Gasteiger partial charge on any atom is 0.343 e. The van der Waals surface area contributed by atoms with Crippen LogP contribution in [-0.2, 0) is 9.53 Å². The molecule has 194 valence electrons. The highest BCUT2D eigenvalue weighted by atomic mass is 19.1. The first kappa shape index (κ1) is 25.1. The summed E-state index contributed by atoms with van der Waals surface area (Å²) >= 11 is 0. The van der Waals surface area contributed by atoms with E-state index in [-0.39, 0.29) is 45.8 Å². The van der Waals surface area contributed by atoms with E-state index in [0.717, 1.165) is 6.07 Å². The molecule has 0 amide bonds. The van der Waals surface area contributed by atoms with Crippen LogP contribution in [0.15, 0.2) is 41.5 Å². The number of nitrogens with one attached hydrogen (secondary N) is 1. The van der Waals surface area contributed by atoms with Gasteiger partial charge in [-0.15, -0.1) is 0 Å². The fraction of sp³-hybridized carbons (Fsp3) is 0.571. The van der Waals surface area contributed by atoms with Gasteiger partial charge in [0.05, 0.1) is 17.7 Å². The van der Waals surface area contributed by atoms with Crippen molar-refractivity contribution in [1.29, 1.82) is 0 Å². The number of ketones is 1. The topological polar surface area (TPSA) is 116 Å². The highest BCUT2D eigenvalue weighted by Crippen LogP contribution is 2.71. The van der Waals surface area contributed by atoms with Crippen LogP contribution in [0.4, 0.5) is 10.1 Å². The van der Waals surface area contributed by atoms with Crippen LogP contribution in [0.25, 0.3) is 0 Å². The second-order valence-electron chi connectivity index (χ2n) is 11.6. The van der Waals surface area contributed by atoms with Crippen molar-refractivity contribution < 1.29 is 34.0 Å². The molecule has 36 heavy (non-hydrogen) atoms. The van der Waals surface area contributed by atoms with E-state index in [0.29, 0.717) is 12.0 Å². The fourth-order valence-electron chi connectivity index (χ4n) is 7.70. The minimum Gasteiger partial charge on any atom is -0.451 e. The molecule has 0 unspecified atom stereocenters. The molecule has 2 bridgehead atoms. The van der Waals surface area contributed by atoms with Gasteiger partial charge in [0.25, 0.3) is 0 Å². The van der Waals surface area contributed by atoms with Crippen LogP contribution in [-0.4, -0.2) is 58.5 Å². The molecule has 0 radical (unpaired) electrons. The first-order chi connectivity index (χ1) is 16.9. The Morgan fingerprint density at radius 1 is 1.31 bits per heavy atom. The van der Waals surface area contributed by atoms with Crippen molar-refractivity contribution in [3.05, 3.63) is 52.9 Å². The second kappa shape index (κ2) is 7.97. The molecule has 7 nitrogen and oxygen atoms in total. The van der Waals surface area contributed by atoms with Gasteiger partial charge >= 0.3 is 5.97 Å². The number of carbonyl (C=O) groups excluding carboxylic acids is 2. The lowest BCUT2D eigenvalue weighted by Crippen LogP contribution is -2.65. The highest BCUT2D eigenvalue weighted by molar-refractivity contribution is 5.98. The van der Waals surface area contributed by atoms with Gasteiger partial charge in [-0.2, -0.15) is 0 Å². The SMILES string of the molecule is CNc1cccc(F)c1C(=O)O[C@H]1C(C)=C[C@@]23C(=O)[C@@H](C=C(CO)[C@@H](O)[C@]12O)[C@H]1[C@@H](C[C@H]3C)C1(C)C. The number of fused-ring (bicyclic) bond motifs is 3. The van der Waals surface area contributed by atoms with Gasteiger partial charge in [0.2, 0.25) is 0 Å². The van der Waals surface area contributed by atoms with Crippen LogP contribution in [0.1, 0.15) is 44.5 Å². The fourth-order valence-corrected chi connectivity index (χ4v) is 7.70. The number of hydrogen-bond donors (Lipinski definition) is 4. The van der Waals surface area contributed by atoms with Gasteiger partial charge in [-0.1, -0.05) is 39.0 Å². The smallest absolute Gasteiger partial charge is 0.343 e. The molecule has 4 aliphatic rings. The summed E-state index contributed by atoms with van der Waals surface area (Å²) in [6.45, 7) is 7.20. The Morgan fingerprint density at radius 3 is 2.64 bits per heavy atom. The van der Waals surface area contributed by atoms with E-state index in [4.69, 9.17) is 4.74 Å². The third-order valence-corrected chi connectivity index (χ3v) is 9.61. The molecule has 0 aromatic heterocycles. The molecule has 0 heterocycles. The first-order valence-corrected chi connectivity index (χ1v) is 12.5. The monoisotopic (exact) mass is 499 g/mol. The molecule has 1 aromatic carbocycles. The Hall–Kier alpha value is -2.55. The maximum atomic E-state index is 14.7. The van der Waals surface area contributed by atoms with Gasteiger partial charge in [0.15, 0.2) is 17.5 Å². The molecule has 0 aliphatic heterocycles. The molecular formula is C28H34FNO6. The molecule has 2 fully saturated rings. The standard InChI is InChI=1S/C28H34FNO6/c1-13-11-27-14(2)9-17-21(26(17,3)4)16(23(27)33)10-15(12-31)22(32)28(27,35)24(13)36-25(34)20-18(29)7-6-8-19(20)30-5/h6-8,10-11,14,16-17,21-22,24,30-32,35H,9,12H2,1-5H3/t14-,16+,17-,21+,22-,24+,27-,28+/m1/s1. The van der Waals surface area contributed by atoms with E-state index in [1.165, 1.54) is 12.1 Å². The zero-order valence-corrected chi connectivity index (χ0v) is 21.2. The van der Waals surface area contributed by atoms with Crippen molar-refractivity contribution in [2.75, 3.05) is 19.0 Å². The van der Waals surface area contributed by atoms with Crippen LogP contribution in [0.5, 0.6) is 0 Å². The zero-order chi connectivity index (χ0) is 26.4.